The molecule has 4 heteroatoms. The Bertz CT molecular complexity index is 601. The summed E-state index contributed by atoms with van der Waals surface area (Å²) >= 11 is 0. The number of benzene rings is 1. The molecule has 118 valence electrons. The summed E-state index contributed by atoms with van der Waals surface area (Å²) in [4.78, 5) is 0.484. The van der Waals surface area contributed by atoms with Crippen LogP contribution in [0.15, 0.2) is 17.0 Å². The van der Waals surface area contributed by atoms with E-state index in [1.54, 1.807) is 4.31 Å². The zero-order valence-corrected chi connectivity index (χ0v) is 14.5. The number of rotatable bonds is 4. The number of hydrogen-bond donors (Lipinski definition) is 0. The van der Waals surface area contributed by atoms with E-state index in [-0.39, 0.29) is 6.04 Å². The highest BCUT2D eigenvalue weighted by atomic mass is 32.2. The Kier molecular flexibility index (Phi) is 5.10. The lowest BCUT2D eigenvalue weighted by atomic mass is 9.95. The highest BCUT2D eigenvalue weighted by Crippen LogP contribution is 2.29. The van der Waals surface area contributed by atoms with Gasteiger partial charge in [-0.15, -0.1) is 0 Å². The molecule has 0 atom stereocenters. The van der Waals surface area contributed by atoms with Gasteiger partial charge in [-0.25, -0.2) is 8.42 Å². The second kappa shape index (κ2) is 6.49. The lowest BCUT2D eigenvalue weighted by molar-refractivity contribution is 0.261. The third kappa shape index (κ3) is 3.32. The van der Waals surface area contributed by atoms with Crippen LogP contribution in [0.1, 0.15) is 55.7 Å². The molecule has 1 saturated carbocycles. The van der Waals surface area contributed by atoms with Gasteiger partial charge >= 0.3 is 0 Å². The van der Waals surface area contributed by atoms with E-state index in [0.717, 1.165) is 42.4 Å². The zero-order chi connectivity index (χ0) is 15.6. The molecule has 1 aromatic carbocycles. The minimum Gasteiger partial charge on any atom is -0.207 e. The Balaban J connectivity index is 2.41. The second-order valence-electron chi connectivity index (χ2n) is 6.20. The standard InChI is InChI=1S/C17H27NO2S/c1-5-18(16-9-7-6-8-10-16)21(19,20)17-12-14(3)13(2)11-15(17)4/h11-12,16H,5-10H2,1-4H3. The summed E-state index contributed by atoms with van der Waals surface area (Å²) < 4.78 is 27.9. The van der Waals surface area contributed by atoms with Gasteiger partial charge in [0, 0.05) is 12.6 Å². The van der Waals surface area contributed by atoms with Crippen molar-refractivity contribution in [3.8, 4) is 0 Å². The van der Waals surface area contributed by atoms with Crippen LogP contribution in [-0.4, -0.2) is 25.3 Å². The maximum absolute atomic E-state index is 13.1. The molecule has 3 nitrogen and oxygen atoms in total. The summed E-state index contributed by atoms with van der Waals surface area (Å²) in [5, 5.41) is 0. The van der Waals surface area contributed by atoms with Gasteiger partial charge in [0.15, 0.2) is 0 Å². The molecular weight excluding hydrogens is 282 g/mol. The van der Waals surface area contributed by atoms with E-state index >= 15 is 0 Å². The monoisotopic (exact) mass is 309 g/mol. The Hall–Kier alpha value is -0.870. The van der Waals surface area contributed by atoms with Crippen molar-refractivity contribution in [3.63, 3.8) is 0 Å². The fourth-order valence-corrected chi connectivity index (χ4v) is 5.32. The first-order chi connectivity index (χ1) is 9.87. The number of aryl methyl sites for hydroxylation is 3. The van der Waals surface area contributed by atoms with Crippen LogP contribution in [-0.2, 0) is 10.0 Å². The van der Waals surface area contributed by atoms with Crippen molar-refractivity contribution in [1.82, 2.24) is 4.31 Å². The quantitative estimate of drug-likeness (QED) is 0.844. The average Bonchev–Trinajstić information content (AvgIpc) is 2.44. The first-order valence-electron chi connectivity index (χ1n) is 7.97. The van der Waals surface area contributed by atoms with E-state index in [0.29, 0.717) is 11.4 Å². The molecule has 1 fully saturated rings. The van der Waals surface area contributed by atoms with Gasteiger partial charge < -0.3 is 0 Å². The van der Waals surface area contributed by atoms with E-state index < -0.39 is 10.0 Å². The van der Waals surface area contributed by atoms with Crippen LogP contribution in [0.4, 0.5) is 0 Å². The van der Waals surface area contributed by atoms with E-state index in [9.17, 15) is 8.42 Å². The molecule has 0 amide bonds. The lowest BCUT2D eigenvalue weighted by Gasteiger charge is -2.33. The van der Waals surface area contributed by atoms with Crippen molar-refractivity contribution >= 4 is 10.0 Å². The summed E-state index contributed by atoms with van der Waals surface area (Å²) in [5.74, 6) is 0. The van der Waals surface area contributed by atoms with Gasteiger partial charge in [0.25, 0.3) is 0 Å². The Labute approximate surface area is 129 Å². The third-order valence-electron chi connectivity index (χ3n) is 4.67. The number of nitrogens with zero attached hydrogens (tertiary/aromatic N) is 1. The van der Waals surface area contributed by atoms with Crippen LogP contribution in [0, 0.1) is 20.8 Å². The molecule has 0 unspecified atom stereocenters. The molecule has 0 spiro atoms. The molecule has 0 heterocycles. The van der Waals surface area contributed by atoms with Gasteiger partial charge in [0.1, 0.15) is 0 Å². The largest absolute Gasteiger partial charge is 0.243 e. The fourth-order valence-electron chi connectivity index (χ4n) is 3.33. The van der Waals surface area contributed by atoms with Crippen molar-refractivity contribution in [2.24, 2.45) is 0 Å². The van der Waals surface area contributed by atoms with Crippen molar-refractivity contribution in [2.45, 2.75) is 70.7 Å². The van der Waals surface area contributed by atoms with Gasteiger partial charge in [-0.05, 0) is 56.4 Å². The Morgan fingerprint density at radius 3 is 2.14 bits per heavy atom. The van der Waals surface area contributed by atoms with Crippen molar-refractivity contribution < 1.29 is 8.42 Å². The maximum atomic E-state index is 13.1. The van der Waals surface area contributed by atoms with Gasteiger partial charge in [-0.3, -0.25) is 0 Å². The highest BCUT2D eigenvalue weighted by Gasteiger charge is 2.32. The molecule has 0 aromatic heterocycles. The normalized spacial score (nSPS) is 17.4. The zero-order valence-electron chi connectivity index (χ0n) is 13.6. The summed E-state index contributed by atoms with van der Waals surface area (Å²) in [6.07, 6.45) is 5.51. The first-order valence-corrected chi connectivity index (χ1v) is 9.41. The second-order valence-corrected chi connectivity index (χ2v) is 8.06. The number of hydrogen-bond acceptors (Lipinski definition) is 2. The maximum Gasteiger partial charge on any atom is 0.243 e. The average molecular weight is 309 g/mol. The fraction of sp³-hybridized carbons (Fsp3) is 0.647. The van der Waals surface area contributed by atoms with Crippen molar-refractivity contribution in [2.75, 3.05) is 6.54 Å². The van der Waals surface area contributed by atoms with Gasteiger partial charge in [0.05, 0.1) is 4.90 Å². The van der Waals surface area contributed by atoms with Gasteiger partial charge in [-0.1, -0.05) is 32.3 Å². The molecule has 0 saturated heterocycles. The van der Waals surface area contributed by atoms with Crippen LogP contribution in [0.3, 0.4) is 0 Å². The minimum atomic E-state index is -3.39. The topological polar surface area (TPSA) is 37.4 Å². The van der Waals surface area contributed by atoms with Crippen molar-refractivity contribution in [1.29, 1.82) is 0 Å². The molecule has 21 heavy (non-hydrogen) atoms. The highest BCUT2D eigenvalue weighted by molar-refractivity contribution is 7.89. The lowest BCUT2D eigenvalue weighted by Crippen LogP contribution is -2.41. The number of sulfonamides is 1. The predicted molar refractivity (Wildman–Crippen MR) is 87.1 cm³/mol. The molecule has 1 aliphatic rings. The molecule has 0 aliphatic heterocycles. The SMILES string of the molecule is CCN(C1CCCCC1)S(=O)(=O)c1cc(C)c(C)cc1C. The van der Waals surface area contributed by atoms with E-state index in [2.05, 4.69) is 0 Å². The van der Waals surface area contributed by atoms with E-state index in [1.807, 2.05) is 39.8 Å². The Morgan fingerprint density at radius 1 is 1.00 bits per heavy atom. The van der Waals surface area contributed by atoms with Crippen molar-refractivity contribution in [3.05, 3.63) is 28.8 Å². The summed E-state index contributed by atoms with van der Waals surface area (Å²) in [6, 6.07) is 4.00. The molecule has 0 bridgehead atoms. The van der Waals surface area contributed by atoms with Crippen LogP contribution in [0.5, 0.6) is 0 Å². The first kappa shape index (κ1) is 16.5. The van der Waals surface area contributed by atoms with Crippen LogP contribution in [0.2, 0.25) is 0 Å². The smallest absolute Gasteiger partial charge is 0.207 e. The Morgan fingerprint density at radius 2 is 1.57 bits per heavy atom. The summed E-state index contributed by atoms with van der Waals surface area (Å²) in [6.45, 7) is 8.40. The molecule has 1 aliphatic carbocycles. The van der Waals surface area contributed by atoms with E-state index in [1.165, 1.54) is 6.42 Å². The molecule has 2 rings (SSSR count). The third-order valence-corrected chi connectivity index (χ3v) is 6.84. The minimum absolute atomic E-state index is 0.176. The summed E-state index contributed by atoms with van der Waals surface area (Å²) in [5.41, 5.74) is 3.04. The van der Waals surface area contributed by atoms with Gasteiger partial charge in [-0.2, -0.15) is 4.31 Å². The van der Waals surface area contributed by atoms with Gasteiger partial charge in [0.2, 0.25) is 10.0 Å². The van der Waals surface area contributed by atoms with Crippen LogP contribution >= 0.6 is 0 Å². The molecule has 1 aromatic rings. The molecular formula is C17H27NO2S. The summed E-state index contributed by atoms with van der Waals surface area (Å²) in [7, 11) is -3.39. The van der Waals surface area contributed by atoms with Crippen LogP contribution < -0.4 is 0 Å². The molecule has 0 N–H and O–H groups in total. The van der Waals surface area contributed by atoms with E-state index in [4.69, 9.17) is 0 Å². The predicted octanol–water partition coefficient (Wildman–Crippen LogP) is 3.96. The molecule has 0 radical (unpaired) electrons. The van der Waals surface area contributed by atoms with Crippen LogP contribution in [0.25, 0.3) is 0 Å².